The first-order valence-corrected chi connectivity index (χ1v) is 9.04. The highest BCUT2D eigenvalue weighted by Gasteiger charge is 2.13. The van der Waals surface area contributed by atoms with E-state index in [1.54, 1.807) is 0 Å². The van der Waals surface area contributed by atoms with Crippen LogP contribution in [0.3, 0.4) is 0 Å². The molecule has 0 fully saturated rings. The number of fused-ring (bicyclic) bond motifs is 2. The fraction of sp³-hybridized carbons (Fsp3) is 0.238. The Morgan fingerprint density at radius 3 is 2.70 bits per heavy atom. The first kappa shape index (κ1) is 17.1. The molecule has 4 rings (SSSR count). The highest BCUT2D eigenvalue weighted by atomic mass is 16.2. The average molecular weight is 359 g/mol. The van der Waals surface area contributed by atoms with E-state index in [2.05, 4.69) is 20.3 Å². The summed E-state index contributed by atoms with van der Waals surface area (Å²) in [5.74, 6) is 1.27. The summed E-state index contributed by atoms with van der Waals surface area (Å²) in [5, 5.41) is 3.88. The van der Waals surface area contributed by atoms with Gasteiger partial charge in [-0.3, -0.25) is 4.79 Å². The van der Waals surface area contributed by atoms with E-state index in [9.17, 15) is 4.79 Å². The van der Waals surface area contributed by atoms with E-state index in [1.807, 2.05) is 67.8 Å². The molecule has 0 unspecified atom stereocenters. The number of rotatable bonds is 4. The van der Waals surface area contributed by atoms with Crippen molar-refractivity contribution >= 4 is 33.8 Å². The van der Waals surface area contributed by atoms with E-state index >= 15 is 0 Å². The fourth-order valence-corrected chi connectivity index (χ4v) is 3.40. The first-order chi connectivity index (χ1) is 13.0. The van der Waals surface area contributed by atoms with Crippen LogP contribution in [0, 0.1) is 13.8 Å². The van der Waals surface area contributed by atoms with E-state index in [0.29, 0.717) is 11.5 Å². The van der Waals surface area contributed by atoms with E-state index < -0.39 is 0 Å². The predicted octanol–water partition coefficient (Wildman–Crippen LogP) is 3.80. The summed E-state index contributed by atoms with van der Waals surface area (Å²) >= 11 is 0. The Labute approximate surface area is 157 Å². The minimum Gasteiger partial charge on any atom is -0.318 e. The number of benzene rings is 1. The molecule has 6 heteroatoms. The van der Waals surface area contributed by atoms with E-state index in [-0.39, 0.29) is 12.5 Å². The molecule has 3 heterocycles. The third kappa shape index (κ3) is 3.26. The summed E-state index contributed by atoms with van der Waals surface area (Å²) in [5.41, 5.74) is 4.55. The molecule has 3 aromatic heterocycles. The highest BCUT2D eigenvalue weighted by molar-refractivity contribution is 5.92. The molecule has 1 aromatic carbocycles. The minimum atomic E-state index is -0.135. The van der Waals surface area contributed by atoms with Crippen LogP contribution >= 0.6 is 0 Å². The van der Waals surface area contributed by atoms with Crippen LogP contribution in [0.4, 0.5) is 5.82 Å². The fourth-order valence-electron chi connectivity index (χ4n) is 3.40. The van der Waals surface area contributed by atoms with Gasteiger partial charge in [-0.2, -0.15) is 0 Å². The molecule has 0 atom stereocenters. The van der Waals surface area contributed by atoms with Crippen molar-refractivity contribution < 1.29 is 4.79 Å². The van der Waals surface area contributed by atoms with Crippen LogP contribution in [0.15, 0.2) is 42.5 Å². The maximum Gasteiger partial charge on any atom is 0.245 e. The number of imidazole rings is 1. The number of aryl methyl sites for hydroxylation is 3. The Kier molecular flexibility index (Phi) is 4.32. The summed E-state index contributed by atoms with van der Waals surface area (Å²) in [6.45, 7) is 6.21. The Morgan fingerprint density at radius 1 is 1.07 bits per heavy atom. The average Bonchev–Trinajstić information content (AvgIpc) is 2.99. The maximum atomic E-state index is 12.6. The largest absolute Gasteiger partial charge is 0.318 e. The summed E-state index contributed by atoms with van der Waals surface area (Å²) in [7, 11) is 0. The topological polar surface area (TPSA) is 72.7 Å². The number of carbonyl (C=O) groups is 1. The number of nitrogens with one attached hydrogen (secondary N) is 1. The smallest absolute Gasteiger partial charge is 0.245 e. The molecule has 0 saturated heterocycles. The number of aromatic nitrogens is 4. The van der Waals surface area contributed by atoms with Crippen LogP contribution < -0.4 is 5.32 Å². The second kappa shape index (κ2) is 6.79. The van der Waals surface area contributed by atoms with Crippen molar-refractivity contribution in [1.82, 2.24) is 19.5 Å². The zero-order valence-corrected chi connectivity index (χ0v) is 15.7. The summed E-state index contributed by atoms with van der Waals surface area (Å²) in [4.78, 5) is 26.2. The van der Waals surface area contributed by atoms with Gasteiger partial charge in [0, 0.05) is 17.5 Å². The molecule has 0 spiro atoms. The SMILES string of the molecule is CCc1nc2ccccc2n1CC(=O)Nc1ccc2c(C)cc(C)nc2n1. The van der Waals surface area contributed by atoms with Crippen LogP contribution in [-0.2, 0) is 17.8 Å². The second-order valence-corrected chi connectivity index (χ2v) is 6.65. The molecule has 0 aliphatic carbocycles. The van der Waals surface area contributed by atoms with E-state index in [1.165, 1.54) is 0 Å². The van der Waals surface area contributed by atoms with Crippen molar-refractivity contribution in [3.8, 4) is 0 Å². The molecule has 0 saturated carbocycles. The molecular weight excluding hydrogens is 338 g/mol. The quantitative estimate of drug-likeness (QED) is 0.601. The lowest BCUT2D eigenvalue weighted by Gasteiger charge is -2.10. The van der Waals surface area contributed by atoms with Crippen molar-refractivity contribution in [3.05, 3.63) is 59.5 Å². The number of carbonyl (C=O) groups excluding carboxylic acids is 1. The number of para-hydroxylation sites is 2. The van der Waals surface area contributed by atoms with Crippen LogP contribution in [0.25, 0.3) is 22.1 Å². The third-order valence-corrected chi connectivity index (χ3v) is 4.63. The zero-order valence-electron chi connectivity index (χ0n) is 15.7. The van der Waals surface area contributed by atoms with Gasteiger partial charge in [0.15, 0.2) is 5.65 Å². The van der Waals surface area contributed by atoms with Crippen molar-refractivity contribution in [2.24, 2.45) is 0 Å². The normalized spacial score (nSPS) is 11.2. The summed E-state index contributed by atoms with van der Waals surface area (Å²) in [6.07, 6.45) is 0.763. The number of hydrogen-bond acceptors (Lipinski definition) is 4. The van der Waals surface area contributed by atoms with Crippen LogP contribution in [0.2, 0.25) is 0 Å². The van der Waals surface area contributed by atoms with Gasteiger partial charge >= 0.3 is 0 Å². The molecule has 0 aliphatic rings. The molecule has 0 aliphatic heterocycles. The molecule has 27 heavy (non-hydrogen) atoms. The van der Waals surface area contributed by atoms with Gasteiger partial charge in [-0.15, -0.1) is 0 Å². The van der Waals surface area contributed by atoms with Gasteiger partial charge in [-0.1, -0.05) is 19.1 Å². The van der Waals surface area contributed by atoms with Gasteiger partial charge in [0.2, 0.25) is 5.91 Å². The molecular formula is C21H21N5O. The van der Waals surface area contributed by atoms with Crippen molar-refractivity contribution in [2.75, 3.05) is 5.32 Å². The lowest BCUT2D eigenvalue weighted by atomic mass is 10.1. The molecule has 0 radical (unpaired) electrons. The lowest BCUT2D eigenvalue weighted by Crippen LogP contribution is -2.20. The minimum absolute atomic E-state index is 0.135. The van der Waals surface area contributed by atoms with E-state index in [0.717, 1.165) is 39.9 Å². The number of anilines is 1. The molecule has 4 aromatic rings. The second-order valence-electron chi connectivity index (χ2n) is 6.65. The van der Waals surface area contributed by atoms with E-state index in [4.69, 9.17) is 0 Å². The Balaban J connectivity index is 1.61. The van der Waals surface area contributed by atoms with Crippen molar-refractivity contribution in [1.29, 1.82) is 0 Å². The van der Waals surface area contributed by atoms with Crippen LogP contribution in [-0.4, -0.2) is 25.4 Å². The monoisotopic (exact) mass is 359 g/mol. The number of pyridine rings is 2. The van der Waals surface area contributed by atoms with Gasteiger partial charge in [0.1, 0.15) is 18.2 Å². The molecule has 0 bridgehead atoms. The summed E-state index contributed by atoms with van der Waals surface area (Å²) < 4.78 is 1.96. The zero-order chi connectivity index (χ0) is 19.0. The van der Waals surface area contributed by atoms with Gasteiger partial charge in [-0.25, -0.2) is 15.0 Å². The number of hydrogen-bond donors (Lipinski definition) is 1. The number of amides is 1. The standard InChI is InChI=1S/C21H21N5O/c1-4-19-23-16-7-5-6-8-17(16)26(19)12-20(27)24-18-10-9-15-13(2)11-14(3)22-21(15)25-18/h5-11H,4,12H2,1-3H3,(H,22,24,25,27). The molecule has 1 N–H and O–H groups in total. The van der Waals surface area contributed by atoms with Crippen LogP contribution in [0.5, 0.6) is 0 Å². The molecule has 1 amide bonds. The maximum absolute atomic E-state index is 12.6. The van der Waals surface area contributed by atoms with Gasteiger partial charge in [0.05, 0.1) is 11.0 Å². The Bertz CT molecular complexity index is 1160. The van der Waals surface area contributed by atoms with Gasteiger partial charge in [0.25, 0.3) is 0 Å². The van der Waals surface area contributed by atoms with Crippen molar-refractivity contribution in [3.63, 3.8) is 0 Å². The third-order valence-electron chi connectivity index (χ3n) is 4.63. The van der Waals surface area contributed by atoms with Gasteiger partial charge in [-0.05, 0) is 49.7 Å². The summed E-state index contributed by atoms with van der Waals surface area (Å²) in [6, 6.07) is 13.6. The Morgan fingerprint density at radius 2 is 1.89 bits per heavy atom. The van der Waals surface area contributed by atoms with Crippen LogP contribution in [0.1, 0.15) is 24.0 Å². The lowest BCUT2D eigenvalue weighted by molar-refractivity contribution is -0.116. The molecule has 136 valence electrons. The Hall–Kier alpha value is -3.28. The number of nitrogens with zero attached hydrogens (tertiary/aromatic N) is 4. The highest BCUT2D eigenvalue weighted by Crippen LogP contribution is 2.19. The predicted molar refractivity (Wildman–Crippen MR) is 107 cm³/mol. The van der Waals surface area contributed by atoms with Gasteiger partial charge < -0.3 is 9.88 Å². The van der Waals surface area contributed by atoms with Crippen molar-refractivity contribution in [2.45, 2.75) is 33.7 Å². The first-order valence-electron chi connectivity index (χ1n) is 9.04. The molecule has 6 nitrogen and oxygen atoms in total.